The van der Waals surface area contributed by atoms with Crippen LogP contribution in [0.3, 0.4) is 0 Å². The molecule has 0 amide bonds. The van der Waals surface area contributed by atoms with Crippen molar-refractivity contribution in [3.63, 3.8) is 0 Å². The lowest BCUT2D eigenvalue weighted by Crippen LogP contribution is -2.11. The van der Waals surface area contributed by atoms with E-state index in [0.717, 1.165) is 0 Å². The first-order valence-corrected chi connectivity index (χ1v) is 6.69. The molecule has 0 saturated heterocycles. The molecular weight excluding hydrogens is 299 g/mol. The van der Waals surface area contributed by atoms with E-state index in [9.17, 15) is 4.79 Å². The molecule has 0 spiro atoms. The van der Waals surface area contributed by atoms with E-state index in [1.54, 1.807) is 18.2 Å². The lowest BCUT2D eigenvalue weighted by molar-refractivity contribution is 0.974. The Kier molecular flexibility index (Phi) is 4.76. The van der Waals surface area contributed by atoms with Crippen molar-refractivity contribution in [2.45, 2.75) is 13.3 Å². The fourth-order valence-electron chi connectivity index (χ4n) is 1.53. The maximum Gasteiger partial charge on any atom is 0.252 e. The molecule has 0 aliphatic heterocycles. The first-order valence-electron chi connectivity index (χ1n) is 5.93. The highest BCUT2D eigenvalue weighted by Crippen LogP contribution is 2.24. The number of aromatic nitrogens is 2. The highest BCUT2D eigenvalue weighted by Gasteiger charge is 2.02. The van der Waals surface area contributed by atoms with Crippen LogP contribution in [0, 0.1) is 0 Å². The van der Waals surface area contributed by atoms with Gasteiger partial charge in [-0.2, -0.15) is 5.10 Å². The number of aryl methyl sites for hydroxylation is 1. The zero-order chi connectivity index (χ0) is 14.5. The van der Waals surface area contributed by atoms with Crippen molar-refractivity contribution in [2.75, 3.05) is 5.43 Å². The molecule has 104 valence electrons. The monoisotopic (exact) mass is 310 g/mol. The minimum Gasteiger partial charge on any atom is -0.291 e. The predicted molar refractivity (Wildman–Crippen MR) is 81.9 cm³/mol. The highest BCUT2D eigenvalue weighted by molar-refractivity contribution is 6.43. The van der Waals surface area contributed by atoms with Crippen molar-refractivity contribution >= 4 is 35.4 Å². The fourth-order valence-corrected chi connectivity index (χ4v) is 1.88. The Hall–Kier alpha value is -1.85. The molecule has 0 radical (unpaired) electrons. The van der Waals surface area contributed by atoms with Gasteiger partial charge in [0.15, 0.2) is 0 Å². The van der Waals surface area contributed by atoms with Crippen LogP contribution in [0.25, 0.3) is 0 Å². The van der Waals surface area contributed by atoms with Gasteiger partial charge in [-0.05, 0) is 12.5 Å². The first kappa shape index (κ1) is 14.6. The largest absolute Gasteiger partial charge is 0.291 e. The highest BCUT2D eigenvalue weighted by atomic mass is 35.5. The van der Waals surface area contributed by atoms with Gasteiger partial charge in [0.25, 0.3) is 5.56 Å². The minimum absolute atomic E-state index is 0.227. The van der Waals surface area contributed by atoms with Crippen LogP contribution in [-0.4, -0.2) is 16.2 Å². The third-order valence-electron chi connectivity index (χ3n) is 2.51. The maximum atomic E-state index is 11.4. The molecule has 0 bridgehead atoms. The molecule has 2 aromatic rings. The number of H-pyrrole nitrogens is 1. The molecule has 1 heterocycles. The molecule has 20 heavy (non-hydrogen) atoms. The summed E-state index contributed by atoms with van der Waals surface area (Å²) in [6.07, 6.45) is 2.18. The second-order valence-electron chi connectivity index (χ2n) is 3.95. The molecule has 0 unspecified atom stereocenters. The zero-order valence-electron chi connectivity index (χ0n) is 10.7. The molecule has 7 heteroatoms. The van der Waals surface area contributed by atoms with Gasteiger partial charge in [-0.1, -0.05) is 42.3 Å². The number of aromatic amines is 1. The Morgan fingerprint density at radius 1 is 1.45 bits per heavy atom. The second-order valence-corrected chi connectivity index (χ2v) is 4.74. The summed E-state index contributed by atoms with van der Waals surface area (Å²) in [5.74, 6) is 0.281. The average Bonchev–Trinajstić information content (AvgIpc) is 2.43. The van der Waals surface area contributed by atoms with Gasteiger partial charge in [0.1, 0.15) is 0 Å². The number of benzene rings is 1. The quantitative estimate of drug-likeness (QED) is 0.673. The Balaban J connectivity index is 2.16. The normalized spacial score (nSPS) is 10.9. The Bertz CT molecular complexity index is 697. The van der Waals surface area contributed by atoms with Gasteiger partial charge in [0, 0.05) is 17.3 Å². The van der Waals surface area contributed by atoms with Gasteiger partial charge < -0.3 is 0 Å². The summed E-state index contributed by atoms with van der Waals surface area (Å²) < 4.78 is 0. The molecular formula is C13H12Cl2N4O. The Morgan fingerprint density at radius 3 is 3.00 bits per heavy atom. The molecule has 0 aliphatic rings. The van der Waals surface area contributed by atoms with Crippen LogP contribution in [0.15, 0.2) is 34.2 Å². The predicted octanol–water partition coefficient (Wildman–Crippen LogP) is 3.09. The van der Waals surface area contributed by atoms with Crippen LogP contribution < -0.4 is 11.0 Å². The van der Waals surface area contributed by atoms with Crippen LogP contribution in [-0.2, 0) is 6.42 Å². The molecule has 0 saturated carbocycles. The molecule has 0 atom stereocenters. The summed E-state index contributed by atoms with van der Waals surface area (Å²) >= 11 is 11.9. The van der Waals surface area contributed by atoms with E-state index < -0.39 is 0 Å². The van der Waals surface area contributed by atoms with Crippen molar-refractivity contribution < 1.29 is 0 Å². The lowest BCUT2D eigenvalue weighted by atomic mass is 10.2. The van der Waals surface area contributed by atoms with Crippen molar-refractivity contribution in [1.29, 1.82) is 0 Å². The summed E-state index contributed by atoms with van der Waals surface area (Å²) in [6.45, 7) is 1.92. The Labute approximate surface area is 125 Å². The van der Waals surface area contributed by atoms with E-state index in [4.69, 9.17) is 23.2 Å². The zero-order valence-corrected chi connectivity index (χ0v) is 12.2. The molecule has 0 fully saturated rings. The number of rotatable bonds is 4. The van der Waals surface area contributed by atoms with Gasteiger partial charge in [-0.3, -0.25) is 9.78 Å². The lowest BCUT2D eigenvalue weighted by Gasteiger charge is -2.02. The van der Waals surface area contributed by atoms with E-state index in [-0.39, 0.29) is 11.5 Å². The molecule has 5 nitrogen and oxygen atoms in total. The van der Waals surface area contributed by atoms with E-state index >= 15 is 0 Å². The standard InChI is InChI=1S/C13H12Cl2N4O/c1-2-9-6-11(20)18-13(17-9)19-16-7-8-4-3-5-10(14)12(8)15/h3-7H,2H2,1H3,(H2,17,18,19,20)/b16-7-. The van der Waals surface area contributed by atoms with Crippen molar-refractivity contribution in [3.05, 3.63) is 55.9 Å². The van der Waals surface area contributed by atoms with Gasteiger partial charge in [-0.15, -0.1) is 0 Å². The number of hydrogen-bond acceptors (Lipinski definition) is 4. The first-order chi connectivity index (χ1) is 9.60. The minimum atomic E-state index is -0.227. The fraction of sp³-hybridized carbons (Fsp3) is 0.154. The van der Waals surface area contributed by atoms with E-state index in [1.165, 1.54) is 12.3 Å². The molecule has 0 aliphatic carbocycles. The molecule has 1 aromatic heterocycles. The summed E-state index contributed by atoms with van der Waals surface area (Å²) in [4.78, 5) is 18.1. The summed E-state index contributed by atoms with van der Waals surface area (Å²) in [7, 11) is 0. The van der Waals surface area contributed by atoms with Crippen LogP contribution in [0.1, 0.15) is 18.2 Å². The topological polar surface area (TPSA) is 70.1 Å². The van der Waals surface area contributed by atoms with Crippen LogP contribution >= 0.6 is 23.2 Å². The number of hydrogen-bond donors (Lipinski definition) is 2. The SMILES string of the molecule is CCc1cc(=O)[nH]c(N/N=C\c2cccc(Cl)c2Cl)n1. The molecule has 1 aromatic carbocycles. The number of nitrogens with one attached hydrogen (secondary N) is 2. The van der Waals surface area contributed by atoms with Crippen molar-refractivity contribution in [1.82, 2.24) is 9.97 Å². The number of halogens is 2. The van der Waals surface area contributed by atoms with Gasteiger partial charge in [0.2, 0.25) is 5.95 Å². The third kappa shape index (κ3) is 3.59. The molecule has 2 N–H and O–H groups in total. The molecule has 2 rings (SSSR count). The maximum absolute atomic E-state index is 11.4. The summed E-state index contributed by atoms with van der Waals surface area (Å²) in [5, 5.41) is 4.85. The number of nitrogens with zero attached hydrogens (tertiary/aromatic N) is 2. The van der Waals surface area contributed by atoms with Crippen LogP contribution in [0.4, 0.5) is 5.95 Å². The third-order valence-corrected chi connectivity index (χ3v) is 3.35. The average molecular weight is 311 g/mol. The van der Waals surface area contributed by atoms with E-state index in [0.29, 0.717) is 27.7 Å². The van der Waals surface area contributed by atoms with Crippen molar-refractivity contribution in [3.8, 4) is 0 Å². The van der Waals surface area contributed by atoms with E-state index in [1.807, 2.05) is 6.92 Å². The van der Waals surface area contributed by atoms with Crippen molar-refractivity contribution in [2.24, 2.45) is 5.10 Å². The number of hydrazone groups is 1. The second kappa shape index (κ2) is 6.54. The van der Waals surface area contributed by atoms with Gasteiger partial charge in [0.05, 0.1) is 16.3 Å². The smallest absolute Gasteiger partial charge is 0.252 e. The summed E-state index contributed by atoms with van der Waals surface area (Å²) in [6, 6.07) is 6.69. The van der Waals surface area contributed by atoms with Gasteiger partial charge in [-0.25, -0.2) is 10.4 Å². The van der Waals surface area contributed by atoms with Crippen LogP contribution in [0.2, 0.25) is 10.0 Å². The van der Waals surface area contributed by atoms with Crippen LogP contribution in [0.5, 0.6) is 0 Å². The number of anilines is 1. The van der Waals surface area contributed by atoms with Gasteiger partial charge >= 0.3 is 0 Å². The van der Waals surface area contributed by atoms with E-state index in [2.05, 4.69) is 20.5 Å². The summed E-state index contributed by atoms with van der Waals surface area (Å²) in [5.41, 5.74) is 3.78. The Morgan fingerprint density at radius 2 is 2.25 bits per heavy atom.